The molecule has 0 spiro atoms. The number of anilines is 3. The summed E-state index contributed by atoms with van der Waals surface area (Å²) in [6, 6.07) is 26.1. The summed E-state index contributed by atoms with van der Waals surface area (Å²) in [6.45, 7) is 1.32. The SMILES string of the molecule is CCC(=O)CN=NCC(=O)CCC(=O)Oc1ccc(N=Nc2ccc(Nc3ccc(N=Nc4cc5cc(N=Nc6ccccc6)c(S(=O)(=O)O)cc5cc4S(=O)(=O)O)cc3S(=O)(=O)O)cc2)c(N)c1. The number of carbonyl (C=O) groups is 3. The van der Waals surface area contributed by atoms with Crippen molar-refractivity contribution in [3.8, 4) is 5.75 Å². The van der Waals surface area contributed by atoms with E-state index >= 15 is 0 Å². The van der Waals surface area contributed by atoms with Crippen LogP contribution in [0.2, 0.25) is 0 Å². The molecule has 0 aromatic heterocycles. The molecule has 0 unspecified atom stereocenters. The Labute approximate surface area is 393 Å². The van der Waals surface area contributed by atoms with E-state index in [1.54, 1.807) is 37.3 Å². The van der Waals surface area contributed by atoms with Gasteiger partial charge in [-0.15, -0.1) is 15.3 Å². The van der Waals surface area contributed by atoms with E-state index < -0.39 is 56.7 Å². The molecule has 0 aliphatic heterocycles. The average Bonchev–Trinajstić information content (AvgIpc) is 3.30. The molecule has 26 heteroatoms. The fourth-order valence-electron chi connectivity index (χ4n) is 5.90. The highest BCUT2D eigenvalue weighted by Crippen LogP contribution is 2.38. The van der Waals surface area contributed by atoms with Crippen molar-refractivity contribution in [2.45, 2.75) is 40.9 Å². The van der Waals surface area contributed by atoms with Crippen molar-refractivity contribution in [1.29, 1.82) is 0 Å². The number of nitrogens with one attached hydrogen (secondary N) is 1. The van der Waals surface area contributed by atoms with Crippen molar-refractivity contribution in [3.05, 3.63) is 115 Å². The summed E-state index contributed by atoms with van der Waals surface area (Å²) >= 11 is 0. The standard InChI is InChI=1S/C43H38N10O13S3/c1-2-32(54)24-45-46-25-33(55)13-17-43(56)66-34-14-16-36(35(44)23-34)51-49-30-10-8-28(9-11-30)47-37-15-12-31(22-42(37)69(63,64)65)50-53-39-19-26-18-38(52-48-29-6-4-3-5-7-29)40(67(57,58)59)20-27(26)21-41(39)68(60,61)62/h3-12,14-16,18-23,47H,2,13,17,24-25,44H2,1H3,(H,57,58,59)(H,60,61,62)(H,63,64,65). The first-order valence-corrected chi connectivity index (χ1v) is 24.3. The molecule has 0 amide bonds. The van der Waals surface area contributed by atoms with Gasteiger partial charge in [0.1, 0.15) is 50.6 Å². The molecule has 0 atom stereocenters. The number of ketones is 2. The van der Waals surface area contributed by atoms with Gasteiger partial charge in [-0.2, -0.15) is 50.8 Å². The third kappa shape index (κ3) is 14.3. The highest BCUT2D eigenvalue weighted by molar-refractivity contribution is 7.86. The van der Waals surface area contributed by atoms with Gasteiger partial charge in [0.2, 0.25) is 0 Å². The lowest BCUT2D eigenvalue weighted by Crippen LogP contribution is -2.12. The Kier molecular flexibility index (Phi) is 16.0. The van der Waals surface area contributed by atoms with E-state index in [9.17, 15) is 53.3 Å². The molecule has 0 saturated carbocycles. The number of hydrogen-bond acceptors (Lipinski definition) is 20. The fourth-order valence-corrected chi connectivity index (χ4v) is 7.85. The van der Waals surface area contributed by atoms with Gasteiger partial charge in [-0.05, 0) is 102 Å². The van der Waals surface area contributed by atoms with Gasteiger partial charge >= 0.3 is 5.97 Å². The Bertz CT molecular complexity index is 3430. The number of nitrogens with zero attached hydrogens (tertiary/aromatic N) is 8. The lowest BCUT2D eigenvalue weighted by atomic mass is 10.1. The van der Waals surface area contributed by atoms with E-state index in [1.807, 2.05) is 0 Å². The van der Waals surface area contributed by atoms with Crippen molar-refractivity contribution >= 4 is 110 Å². The largest absolute Gasteiger partial charge is 0.426 e. The predicted molar refractivity (Wildman–Crippen MR) is 249 cm³/mol. The predicted octanol–water partition coefficient (Wildman–Crippen LogP) is 9.84. The van der Waals surface area contributed by atoms with Crippen LogP contribution in [0.5, 0.6) is 5.75 Å². The van der Waals surface area contributed by atoms with E-state index in [2.05, 4.69) is 46.2 Å². The van der Waals surface area contributed by atoms with Crippen LogP contribution in [0.3, 0.4) is 0 Å². The van der Waals surface area contributed by atoms with Gasteiger partial charge in [0.05, 0.1) is 34.9 Å². The van der Waals surface area contributed by atoms with Gasteiger partial charge < -0.3 is 15.8 Å². The molecule has 0 aliphatic rings. The number of benzene rings is 6. The van der Waals surface area contributed by atoms with Crippen LogP contribution in [-0.4, -0.2) is 69.5 Å². The highest BCUT2D eigenvalue weighted by Gasteiger charge is 2.23. The number of hydrogen-bond donors (Lipinski definition) is 5. The zero-order valence-corrected chi connectivity index (χ0v) is 38.3. The number of carbonyl (C=O) groups excluding carboxylic acids is 3. The summed E-state index contributed by atoms with van der Waals surface area (Å²) in [5, 5.41) is 34.3. The van der Waals surface area contributed by atoms with Crippen molar-refractivity contribution in [1.82, 2.24) is 0 Å². The second-order valence-corrected chi connectivity index (χ2v) is 18.6. The van der Waals surface area contributed by atoms with E-state index in [1.165, 1.54) is 60.7 Å². The van der Waals surface area contributed by atoms with Gasteiger partial charge in [0.15, 0.2) is 11.6 Å². The van der Waals surface area contributed by atoms with Gasteiger partial charge in [-0.25, -0.2) is 0 Å². The molecule has 0 fully saturated rings. The Morgan fingerprint density at radius 1 is 0.551 bits per heavy atom. The minimum atomic E-state index is -5.05. The first-order chi connectivity index (χ1) is 32.7. The molecule has 0 saturated heterocycles. The third-order valence-corrected chi connectivity index (χ3v) is 12.0. The highest BCUT2D eigenvalue weighted by atomic mass is 32.2. The number of fused-ring (bicyclic) bond motifs is 1. The Hall–Kier alpha value is -7.88. The minimum Gasteiger partial charge on any atom is -0.426 e. The molecule has 0 bridgehead atoms. The van der Waals surface area contributed by atoms with Crippen molar-refractivity contribution in [2.24, 2.45) is 40.9 Å². The Balaban J connectivity index is 1.15. The lowest BCUT2D eigenvalue weighted by molar-refractivity contribution is -0.136. The zero-order chi connectivity index (χ0) is 49.9. The van der Waals surface area contributed by atoms with Crippen LogP contribution >= 0.6 is 0 Å². The van der Waals surface area contributed by atoms with Gasteiger partial charge in [0, 0.05) is 24.6 Å². The number of Topliss-reactive ketones (excluding diaryl/α,β-unsaturated/α-hetero) is 2. The maximum absolute atomic E-state index is 12.5. The fraction of sp³-hybridized carbons (Fsp3) is 0.140. The van der Waals surface area contributed by atoms with E-state index in [0.717, 1.165) is 24.3 Å². The van der Waals surface area contributed by atoms with Gasteiger partial charge in [-0.1, -0.05) is 25.1 Å². The normalized spacial score (nSPS) is 12.4. The number of nitrogens with two attached hydrogens (primary N) is 1. The molecule has 0 aliphatic carbocycles. The van der Waals surface area contributed by atoms with Crippen molar-refractivity contribution in [2.75, 3.05) is 24.1 Å². The maximum atomic E-state index is 12.5. The van der Waals surface area contributed by atoms with Crippen LogP contribution in [0.15, 0.2) is 171 Å². The molecule has 6 rings (SSSR count). The molecular weight excluding hydrogens is 961 g/mol. The minimum absolute atomic E-state index is 0.0746. The number of rotatable bonds is 20. The molecule has 69 heavy (non-hydrogen) atoms. The molecule has 6 aromatic rings. The van der Waals surface area contributed by atoms with Crippen LogP contribution < -0.4 is 15.8 Å². The lowest BCUT2D eigenvalue weighted by Gasteiger charge is -2.11. The number of esters is 1. The summed E-state index contributed by atoms with van der Waals surface area (Å²) in [6.07, 6.45) is -0.0504. The van der Waals surface area contributed by atoms with Crippen LogP contribution in [0.25, 0.3) is 10.8 Å². The number of nitrogen functional groups attached to an aromatic ring is 1. The third-order valence-electron chi connectivity index (χ3n) is 9.34. The summed E-state index contributed by atoms with van der Waals surface area (Å²) in [7, 11) is -14.9. The average molecular weight is 999 g/mol. The summed E-state index contributed by atoms with van der Waals surface area (Å²) in [5.74, 6) is -1.06. The topological polar surface area (TPSA) is 360 Å². The first-order valence-electron chi connectivity index (χ1n) is 20.0. The van der Waals surface area contributed by atoms with Crippen LogP contribution in [0.1, 0.15) is 26.2 Å². The van der Waals surface area contributed by atoms with E-state index in [4.69, 9.17) is 10.5 Å². The molecular formula is C43H38N10O13S3. The second kappa shape index (κ2) is 21.8. The molecule has 6 aromatic carbocycles. The quantitative estimate of drug-likeness (QED) is 0.0156. The zero-order valence-electron chi connectivity index (χ0n) is 35.8. The molecule has 0 radical (unpaired) electrons. The number of ether oxygens (including phenoxy) is 1. The first kappa shape index (κ1) is 50.5. The second-order valence-electron chi connectivity index (χ2n) is 14.4. The van der Waals surface area contributed by atoms with Crippen molar-refractivity contribution < 1.29 is 58.0 Å². The van der Waals surface area contributed by atoms with Crippen LogP contribution in [0, 0.1) is 0 Å². The summed E-state index contributed by atoms with van der Waals surface area (Å²) in [5.41, 5.74) is 6.37. The molecule has 356 valence electrons. The van der Waals surface area contributed by atoms with Crippen molar-refractivity contribution in [3.63, 3.8) is 0 Å². The van der Waals surface area contributed by atoms with Crippen LogP contribution in [0.4, 0.5) is 51.2 Å². The van der Waals surface area contributed by atoms with Crippen LogP contribution in [-0.2, 0) is 44.7 Å². The summed E-state index contributed by atoms with van der Waals surface area (Å²) in [4.78, 5) is 33.3. The molecule has 6 N–H and O–H groups in total. The van der Waals surface area contributed by atoms with E-state index in [-0.39, 0.29) is 82.5 Å². The Morgan fingerprint density at radius 3 is 1.64 bits per heavy atom. The van der Waals surface area contributed by atoms with Gasteiger partial charge in [-0.3, -0.25) is 28.0 Å². The summed E-state index contributed by atoms with van der Waals surface area (Å²) < 4.78 is 110. The maximum Gasteiger partial charge on any atom is 0.311 e. The molecule has 23 nitrogen and oxygen atoms in total. The van der Waals surface area contributed by atoms with E-state index in [0.29, 0.717) is 23.5 Å². The van der Waals surface area contributed by atoms with Gasteiger partial charge in [0.25, 0.3) is 30.4 Å². The Morgan fingerprint density at radius 2 is 1.07 bits per heavy atom. The number of azo groups is 4. The monoisotopic (exact) mass is 998 g/mol. The smallest absolute Gasteiger partial charge is 0.311 e. The molecule has 0 heterocycles.